The third kappa shape index (κ3) is 3.15. The summed E-state index contributed by atoms with van der Waals surface area (Å²) in [5.41, 5.74) is 7.79. The predicted molar refractivity (Wildman–Crippen MR) is 108 cm³/mol. The van der Waals surface area contributed by atoms with Gasteiger partial charge in [0, 0.05) is 5.75 Å². The zero-order valence-electron chi connectivity index (χ0n) is 15.3. The summed E-state index contributed by atoms with van der Waals surface area (Å²) < 4.78 is 9.30. The van der Waals surface area contributed by atoms with Crippen LogP contribution in [0.4, 0.5) is 5.82 Å². The van der Waals surface area contributed by atoms with E-state index in [-0.39, 0.29) is 5.82 Å². The van der Waals surface area contributed by atoms with Crippen molar-refractivity contribution in [1.82, 2.24) is 39.0 Å². The molecule has 0 spiro atoms. The smallest absolute Gasteiger partial charge is 0.182 e. The molecule has 12 nitrogen and oxygen atoms in total. The van der Waals surface area contributed by atoms with E-state index in [1.54, 1.807) is 10.9 Å². The number of fused-ring (bicyclic) bond motifs is 2. The lowest BCUT2D eigenvalue weighted by Gasteiger charge is -2.16. The molecule has 0 aliphatic carbocycles. The molecule has 4 atom stereocenters. The lowest BCUT2D eigenvalue weighted by atomic mass is 10.1. The summed E-state index contributed by atoms with van der Waals surface area (Å²) in [7, 11) is 0. The second-order valence-corrected chi connectivity index (χ2v) is 8.04. The molecule has 1 saturated heterocycles. The van der Waals surface area contributed by atoms with Gasteiger partial charge in [0.2, 0.25) is 0 Å². The maximum absolute atomic E-state index is 10.5. The Morgan fingerprint density at radius 2 is 1.90 bits per heavy atom. The monoisotopic (exact) mass is 449 g/mol. The third-order valence-corrected chi connectivity index (χ3v) is 6.18. The van der Waals surface area contributed by atoms with Crippen molar-refractivity contribution in [1.29, 1.82) is 0 Å². The van der Waals surface area contributed by atoms with Crippen molar-refractivity contribution < 1.29 is 14.9 Å². The van der Waals surface area contributed by atoms with Gasteiger partial charge < -0.3 is 25.3 Å². The van der Waals surface area contributed by atoms with Crippen LogP contribution < -0.4 is 5.73 Å². The van der Waals surface area contributed by atoms with Crippen molar-refractivity contribution in [2.45, 2.75) is 30.4 Å². The molecule has 5 heterocycles. The van der Waals surface area contributed by atoms with Crippen LogP contribution in [0.5, 0.6) is 0 Å². The molecule has 4 unspecified atom stereocenters. The van der Waals surface area contributed by atoms with Crippen LogP contribution in [0, 0.1) is 0 Å². The number of hydrogen-bond acceptors (Lipinski definition) is 11. The van der Waals surface area contributed by atoms with Crippen molar-refractivity contribution in [3.8, 4) is 0 Å². The Labute approximate surface area is 178 Å². The fourth-order valence-electron chi connectivity index (χ4n) is 3.39. The van der Waals surface area contributed by atoms with Crippen LogP contribution >= 0.6 is 23.4 Å². The molecule has 30 heavy (non-hydrogen) atoms. The molecule has 0 saturated carbocycles. The summed E-state index contributed by atoms with van der Waals surface area (Å²) in [6, 6.07) is 0. The average molecular weight is 450 g/mol. The lowest BCUT2D eigenvalue weighted by Crippen LogP contribution is -2.32. The molecule has 0 radical (unpaired) electrons. The number of aliphatic hydroxyl groups excluding tert-OH is 2. The number of halogens is 1. The minimum absolute atomic E-state index is 0.231. The van der Waals surface area contributed by atoms with Gasteiger partial charge in [0.05, 0.1) is 24.6 Å². The van der Waals surface area contributed by atoms with Crippen LogP contribution in [0.2, 0.25) is 5.15 Å². The Kier molecular flexibility index (Phi) is 4.91. The Bertz CT molecular complexity index is 1220. The van der Waals surface area contributed by atoms with Crippen LogP contribution in [0.3, 0.4) is 0 Å². The number of nitrogen functional groups attached to an aromatic ring is 1. The number of imidazole rings is 2. The molecule has 0 aromatic carbocycles. The van der Waals surface area contributed by atoms with Crippen molar-refractivity contribution in [2.24, 2.45) is 0 Å². The molecule has 4 aromatic heterocycles. The number of hydrogen-bond donors (Lipinski definition) is 3. The Hall–Kier alpha value is -2.58. The molecule has 5 rings (SSSR count). The van der Waals surface area contributed by atoms with Gasteiger partial charge in [-0.3, -0.25) is 4.57 Å². The van der Waals surface area contributed by atoms with Crippen molar-refractivity contribution in [3.05, 3.63) is 30.5 Å². The zero-order valence-corrected chi connectivity index (χ0v) is 16.8. The van der Waals surface area contributed by atoms with Crippen molar-refractivity contribution in [3.63, 3.8) is 0 Å². The topological polar surface area (TPSA) is 163 Å². The largest absolute Gasteiger partial charge is 0.387 e. The molecule has 0 bridgehead atoms. The zero-order chi connectivity index (χ0) is 20.8. The molecule has 4 aromatic rings. The number of anilines is 1. The van der Waals surface area contributed by atoms with E-state index in [9.17, 15) is 10.2 Å². The first-order valence-electron chi connectivity index (χ1n) is 8.88. The number of aromatic nitrogens is 8. The molecule has 14 heteroatoms. The van der Waals surface area contributed by atoms with E-state index >= 15 is 0 Å². The molecule has 1 aliphatic heterocycles. The number of rotatable bonds is 5. The predicted octanol–water partition coefficient (Wildman–Crippen LogP) is 0.212. The summed E-state index contributed by atoms with van der Waals surface area (Å²) in [4.78, 5) is 24.5. The minimum Gasteiger partial charge on any atom is -0.387 e. The van der Waals surface area contributed by atoms with Gasteiger partial charge in [0.1, 0.15) is 35.9 Å². The van der Waals surface area contributed by atoms with Crippen LogP contribution in [-0.4, -0.2) is 73.3 Å². The molecule has 4 N–H and O–H groups in total. The normalized spacial score (nSPS) is 24.2. The summed E-state index contributed by atoms with van der Waals surface area (Å²) in [5, 5.41) is 21.3. The van der Waals surface area contributed by atoms with E-state index in [0.717, 1.165) is 0 Å². The molecular weight excluding hydrogens is 434 g/mol. The van der Waals surface area contributed by atoms with E-state index in [4.69, 9.17) is 22.1 Å². The number of aliphatic hydroxyl groups is 2. The molecule has 1 fully saturated rings. The first-order valence-corrected chi connectivity index (χ1v) is 10.4. The Morgan fingerprint density at radius 3 is 2.77 bits per heavy atom. The summed E-state index contributed by atoms with van der Waals surface area (Å²) in [6.07, 6.45) is 2.08. The first kappa shape index (κ1) is 19.4. The molecule has 0 amide bonds. The van der Waals surface area contributed by atoms with Gasteiger partial charge in [-0.25, -0.2) is 29.9 Å². The van der Waals surface area contributed by atoms with Gasteiger partial charge in [-0.1, -0.05) is 11.6 Å². The van der Waals surface area contributed by atoms with Gasteiger partial charge >= 0.3 is 0 Å². The number of thioether (sulfide) groups is 1. The highest BCUT2D eigenvalue weighted by atomic mass is 35.5. The first-order chi connectivity index (χ1) is 14.5. The van der Waals surface area contributed by atoms with Crippen LogP contribution in [-0.2, 0) is 10.6 Å². The average Bonchev–Trinajstić information content (AvgIpc) is 3.42. The van der Waals surface area contributed by atoms with E-state index in [1.165, 1.54) is 30.7 Å². The van der Waals surface area contributed by atoms with Gasteiger partial charge in [0.25, 0.3) is 0 Å². The van der Waals surface area contributed by atoms with Crippen LogP contribution in [0.15, 0.2) is 25.3 Å². The fraction of sp³-hybridized carbons (Fsp3) is 0.375. The number of ether oxygens (including phenoxy) is 1. The molecular formula is C16H16ClN9O3S. The highest BCUT2D eigenvalue weighted by molar-refractivity contribution is 7.98. The van der Waals surface area contributed by atoms with E-state index < -0.39 is 24.5 Å². The third-order valence-electron chi connectivity index (χ3n) is 4.88. The molecule has 156 valence electrons. The van der Waals surface area contributed by atoms with Crippen molar-refractivity contribution >= 4 is 51.5 Å². The minimum atomic E-state index is -1.15. The Morgan fingerprint density at radius 1 is 1.07 bits per heavy atom. The highest BCUT2D eigenvalue weighted by Crippen LogP contribution is 2.33. The number of nitrogens with two attached hydrogens (primary N) is 1. The summed E-state index contributed by atoms with van der Waals surface area (Å²) in [5.74, 6) is 1.15. The van der Waals surface area contributed by atoms with E-state index in [1.807, 2.05) is 4.57 Å². The van der Waals surface area contributed by atoms with Gasteiger partial charge in [-0.15, -0.1) is 11.8 Å². The number of nitrogens with zero attached hydrogens (tertiary/aromatic N) is 8. The standard InChI is InChI=1S/C16H16ClN9O3S/c17-12-9-14(21-2-19-12)24-4-25(9)6-30-1-7-10(27)11(28)16(29-7)26-5-23-8-13(18)20-3-22-15(8)26/h2-5,7,10-11,16,27-28H,1,6H2,(H2,18,20,22). The second kappa shape index (κ2) is 7.59. The highest BCUT2D eigenvalue weighted by Gasteiger charge is 2.44. The maximum atomic E-state index is 10.5. The van der Waals surface area contributed by atoms with Crippen molar-refractivity contribution in [2.75, 3.05) is 11.5 Å². The van der Waals surface area contributed by atoms with Crippen LogP contribution in [0.25, 0.3) is 22.3 Å². The van der Waals surface area contributed by atoms with Gasteiger partial charge in [-0.2, -0.15) is 0 Å². The fourth-order valence-corrected chi connectivity index (χ4v) is 4.63. The SMILES string of the molecule is Nc1ncnc2c1ncn2C1OC(CSCn2cnc3ncnc(Cl)c32)C(O)C1O. The maximum Gasteiger partial charge on any atom is 0.182 e. The van der Waals surface area contributed by atoms with Crippen LogP contribution in [0.1, 0.15) is 6.23 Å². The van der Waals surface area contributed by atoms with Gasteiger partial charge in [-0.05, 0) is 0 Å². The second-order valence-electron chi connectivity index (χ2n) is 6.68. The quantitative estimate of drug-likeness (QED) is 0.357. The summed E-state index contributed by atoms with van der Waals surface area (Å²) >= 11 is 7.63. The van der Waals surface area contributed by atoms with E-state index in [2.05, 4.69) is 29.9 Å². The molecule has 1 aliphatic rings. The summed E-state index contributed by atoms with van der Waals surface area (Å²) in [6.45, 7) is 0. The van der Waals surface area contributed by atoms with E-state index in [0.29, 0.717) is 39.1 Å². The lowest BCUT2D eigenvalue weighted by molar-refractivity contribution is -0.0289. The van der Waals surface area contributed by atoms with Gasteiger partial charge in [0.15, 0.2) is 28.5 Å². The Balaban J connectivity index is 1.29.